The molecule has 1 N–H and O–H groups in total. The van der Waals surface area contributed by atoms with Crippen LogP contribution in [0, 0.1) is 5.92 Å². The zero-order valence-corrected chi connectivity index (χ0v) is 29.2. The van der Waals surface area contributed by atoms with Gasteiger partial charge in [0, 0.05) is 28.4 Å². The highest BCUT2D eigenvalue weighted by molar-refractivity contribution is 7.99. The molecular formula is C43H36N2O6S. The molecule has 1 fully saturated rings. The number of oxazole rings is 1. The fourth-order valence-corrected chi connectivity index (χ4v) is 7.73. The minimum atomic E-state index is -0.679. The van der Waals surface area contributed by atoms with Gasteiger partial charge >= 0.3 is 0 Å². The number of fused-ring (bicyclic) bond motifs is 1. The highest BCUT2D eigenvalue weighted by atomic mass is 32.2. The maximum absolute atomic E-state index is 13.0. The highest BCUT2D eigenvalue weighted by Gasteiger charge is 2.39. The van der Waals surface area contributed by atoms with Crippen LogP contribution in [0.25, 0.3) is 22.6 Å². The first kappa shape index (κ1) is 33.8. The second-order valence-corrected chi connectivity index (χ2v) is 14.0. The quantitative estimate of drug-likeness (QED) is 0.111. The summed E-state index contributed by atoms with van der Waals surface area (Å²) in [5, 5.41) is 10.2. The average Bonchev–Trinajstić information content (AvgIpc) is 3.74. The van der Waals surface area contributed by atoms with Gasteiger partial charge < -0.3 is 19.0 Å². The van der Waals surface area contributed by atoms with Gasteiger partial charge in [-0.3, -0.25) is 14.5 Å². The fraction of sp³-hybridized carbons (Fsp3) is 0.186. The minimum Gasteiger partial charge on any atom is -0.431 e. The van der Waals surface area contributed by atoms with Gasteiger partial charge in [-0.1, -0.05) is 140 Å². The molecule has 0 radical (unpaired) electrons. The van der Waals surface area contributed by atoms with Crippen LogP contribution in [0.3, 0.4) is 0 Å². The lowest BCUT2D eigenvalue weighted by molar-refractivity contribution is -0.268. The van der Waals surface area contributed by atoms with E-state index in [-0.39, 0.29) is 43.1 Å². The molecule has 5 aromatic carbocycles. The van der Waals surface area contributed by atoms with Crippen LogP contribution in [-0.2, 0) is 22.6 Å². The number of imide groups is 1. The van der Waals surface area contributed by atoms with E-state index in [4.69, 9.17) is 18.9 Å². The van der Waals surface area contributed by atoms with E-state index in [0.29, 0.717) is 22.1 Å². The molecule has 8 nitrogen and oxygen atoms in total. The Morgan fingerprint density at radius 1 is 0.692 bits per heavy atom. The van der Waals surface area contributed by atoms with E-state index < -0.39 is 6.29 Å². The van der Waals surface area contributed by atoms with Crippen LogP contribution < -0.4 is 0 Å². The molecule has 0 spiro atoms. The molecule has 0 aliphatic carbocycles. The van der Waals surface area contributed by atoms with Crippen LogP contribution in [0.15, 0.2) is 143 Å². The van der Waals surface area contributed by atoms with Crippen LogP contribution in [-0.4, -0.2) is 38.7 Å². The van der Waals surface area contributed by atoms with Gasteiger partial charge in [-0.05, 0) is 28.8 Å². The van der Waals surface area contributed by atoms with Crippen molar-refractivity contribution in [1.82, 2.24) is 9.88 Å². The average molecular weight is 709 g/mol. The van der Waals surface area contributed by atoms with Gasteiger partial charge in [0.2, 0.25) is 0 Å². The second kappa shape index (κ2) is 14.7. The van der Waals surface area contributed by atoms with Crippen LogP contribution in [0.1, 0.15) is 62.3 Å². The number of hydrogen-bond acceptors (Lipinski definition) is 8. The lowest BCUT2D eigenvalue weighted by atomic mass is 9.91. The third-order valence-corrected chi connectivity index (χ3v) is 10.6. The Balaban J connectivity index is 1.04. The van der Waals surface area contributed by atoms with Crippen LogP contribution in [0.5, 0.6) is 0 Å². The molecule has 6 aromatic rings. The summed E-state index contributed by atoms with van der Waals surface area (Å²) in [5.74, 6) is 0.675. The first-order valence-corrected chi connectivity index (χ1v) is 18.2. The van der Waals surface area contributed by atoms with Crippen molar-refractivity contribution in [3.63, 3.8) is 0 Å². The van der Waals surface area contributed by atoms with Crippen molar-refractivity contribution in [2.45, 2.75) is 43.8 Å². The number of aromatic nitrogens is 1. The molecule has 8 rings (SSSR count). The monoisotopic (exact) mass is 708 g/mol. The summed E-state index contributed by atoms with van der Waals surface area (Å²) in [6.07, 6.45) is -1.21. The molecule has 0 saturated carbocycles. The SMILES string of the molecule is C[C@@H]1[C@H](CSc2nc(-c3ccccc3)c(-c3ccccc3)o2)O[C@H](c2ccc(CN3C(=O)c4ccccc4C3=O)cc2)O[C@@H]1c1ccc(CO)cc1. The zero-order valence-electron chi connectivity index (χ0n) is 28.4. The van der Waals surface area contributed by atoms with E-state index in [2.05, 4.69) is 6.92 Å². The number of aliphatic hydroxyl groups is 1. The van der Waals surface area contributed by atoms with Gasteiger partial charge in [-0.25, -0.2) is 4.98 Å². The predicted octanol–water partition coefficient (Wildman–Crippen LogP) is 8.88. The number of carbonyl (C=O) groups excluding carboxylic acids is 2. The molecule has 52 heavy (non-hydrogen) atoms. The molecule has 3 heterocycles. The largest absolute Gasteiger partial charge is 0.431 e. The number of aliphatic hydroxyl groups excluding tert-OH is 1. The summed E-state index contributed by atoms with van der Waals surface area (Å²) in [4.78, 5) is 32.2. The predicted molar refractivity (Wildman–Crippen MR) is 198 cm³/mol. The van der Waals surface area contributed by atoms with E-state index in [1.54, 1.807) is 24.3 Å². The topological polar surface area (TPSA) is 102 Å². The molecule has 2 aliphatic heterocycles. The first-order valence-electron chi connectivity index (χ1n) is 17.3. The molecular weight excluding hydrogens is 673 g/mol. The normalized spacial score (nSPS) is 19.9. The number of carbonyl (C=O) groups is 2. The van der Waals surface area contributed by atoms with Crippen molar-refractivity contribution in [2.24, 2.45) is 5.92 Å². The molecule has 4 atom stereocenters. The summed E-state index contributed by atoms with van der Waals surface area (Å²) in [6.45, 7) is 2.25. The van der Waals surface area contributed by atoms with Crippen molar-refractivity contribution in [1.29, 1.82) is 0 Å². The lowest BCUT2D eigenvalue weighted by Gasteiger charge is -2.41. The van der Waals surface area contributed by atoms with Gasteiger partial charge in [-0.2, -0.15) is 0 Å². The Bertz CT molecular complexity index is 2100. The maximum Gasteiger partial charge on any atom is 0.261 e. The second-order valence-electron chi connectivity index (χ2n) is 13.0. The third kappa shape index (κ3) is 6.71. The summed E-state index contributed by atoms with van der Waals surface area (Å²) in [5.41, 5.74) is 7.04. The number of ether oxygens (including phenoxy) is 2. The van der Waals surface area contributed by atoms with E-state index in [9.17, 15) is 14.7 Å². The van der Waals surface area contributed by atoms with E-state index in [0.717, 1.165) is 44.8 Å². The minimum absolute atomic E-state index is 0.0334. The molecule has 0 unspecified atom stereocenters. The van der Waals surface area contributed by atoms with E-state index in [1.807, 2.05) is 109 Å². The standard InChI is InChI=1S/C43H36N2O6S/c1-27-36(26-52-43-44-37(30-10-4-2-5-11-30)39(51-43)31-12-6-3-7-13-31)49-42(50-38(27)32-20-18-29(25-46)19-21-32)33-22-16-28(17-23-33)24-45-40(47)34-14-8-9-15-35(34)41(45)48/h2-23,27,36,38,42,46H,24-26H2,1H3/t27-,36+,38+,42+/m1/s1. The van der Waals surface area contributed by atoms with Crippen molar-refractivity contribution < 1.29 is 28.6 Å². The van der Waals surface area contributed by atoms with Gasteiger partial charge in [0.25, 0.3) is 17.0 Å². The maximum atomic E-state index is 13.0. The summed E-state index contributed by atoms with van der Waals surface area (Å²) in [6, 6.07) is 42.4. The van der Waals surface area contributed by atoms with E-state index >= 15 is 0 Å². The number of rotatable bonds is 10. The van der Waals surface area contributed by atoms with Crippen LogP contribution >= 0.6 is 11.8 Å². The molecule has 0 bridgehead atoms. The number of benzene rings is 5. The fourth-order valence-electron chi connectivity index (χ4n) is 6.75. The summed E-state index contributed by atoms with van der Waals surface area (Å²) in [7, 11) is 0. The van der Waals surface area contributed by atoms with E-state index in [1.165, 1.54) is 16.7 Å². The Hall–Kier alpha value is -5.32. The van der Waals surface area contributed by atoms with Crippen molar-refractivity contribution in [3.05, 3.63) is 167 Å². The van der Waals surface area contributed by atoms with Gasteiger partial charge in [0.15, 0.2) is 12.1 Å². The lowest BCUT2D eigenvalue weighted by Crippen LogP contribution is -2.38. The van der Waals surface area contributed by atoms with Gasteiger partial charge in [-0.15, -0.1) is 0 Å². The molecule has 9 heteroatoms. The summed E-state index contributed by atoms with van der Waals surface area (Å²) >= 11 is 1.51. The van der Waals surface area contributed by atoms with Gasteiger partial charge in [0.05, 0.1) is 36.5 Å². The number of thioether (sulfide) groups is 1. The number of amides is 2. The Morgan fingerprint density at radius 2 is 1.27 bits per heavy atom. The van der Waals surface area contributed by atoms with Crippen LogP contribution in [0.2, 0.25) is 0 Å². The van der Waals surface area contributed by atoms with Crippen LogP contribution in [0.4, 0.5) is 0 Å². The Kier molecular flexibility index (Phi) is 9.58. The first-order chi connectivity index (χ1) is 25.5. The van der Waals surface area contributed by atoms with Crippen molar-refractivity contribution in [2.75, 3.05) is 5.75 Å². The molecule has 2 amide bonds. The number of hydrogen-bond donors (Lipinski definition) is 1. The van der Waals surface area contributed by atoms with Gasteiger partial charge in [0.1, 0.15) is 5.69 Å². The molecule has 2 aliphatic rings. The molecule has 260 valence electrons. The molecule has 1 saturated heterocycles. The highest BCUT2D eigenvalue weighted by Crippen LogP contribution is 2.44. The third-order valence-electron chi connectivity index (χ3n) is 9.66. The van der Waals surface area contributed by atoms with Crippen molar-refractivity contribution >= 4 is 23.6 Å². The smallest absolute Gasteiger partial charge is 0.261 e. The Morgan fingerprint density at radius 3 is 1.90 bits per heavy atom. The van der Waals surface area contributed by atoms with Crippen molar-refractivity contribution in [3.8, 4) is 22.6 Å². The number of nitrogens with zero attached hydrogens (tertiary/aromatic N) is 2. The summed E-state index contributed by atoms with van der Waals surface area (Å²) < 4.78 is 19.8. The Labute approximate surface area is 306 Å². The zero-order chi connectivity index (χ0) is 35.6. The molecule has 1 aromatic heterocycles.